The minimum absolute atomic E-state index is 0.0938. The summed E-state index contributed by atoms with van der Waals surface area (Å²) in [5.74, 6) is -2.37. The smallest absolute Gasteiger partial charge is 0.294 e. The highest BCUT2D eigenvalue weighted by atomic mass is 35.5. The Morgan fingerprint density at radius 2 is 1.90 bits per heavy atom. The fraction of sp³-hybridized carbons (Fsp3) is 0.500. The van der Waals surface area contributed by atoms with Crippen molar-refractivity contribution in [1.29, 1.82) is 0 Å². The summed E-state index contributed by atoms with van der Waals surface area (Å²) in [5.41, 5.74) is 0.215. The average Bonchev–Trinajstić information content (AvgIpc) is 2.40. The fourth-order valence-electron chi connectivity index (χ4n) is 2.63. The third-order valence-electron chi connectivity index (χ3n) is 3.70. The van der Waals surface area contributed by atoms with Crippen LogP contribution in [0.4, 0.5) is 13.2 Å². The van der Waals surface area contributed by atoms with E-state index in [-0.39, 0.29) is 29.2 Å². The molecule has 1 nitrogen and oxygen atoms in total. The van der Waals surface area contributed by atoms with Crippen LogP contribution in [-0.2, 0) is 0 Å². The third kappa shape index (κ3) is 3.47. The highest BCUT2D eigenvalue weighted by Gasteiger charge is 2.43. The summed E-state index contributed by atoms with van der Waals surface area (Å²) in [6, 6.07) is 4.45. The summed E-state index contributed by atoms with van der Waals surface area (Å²) in [7, 11) is 0. The molecule has 1 aromatic carbocycles. The fourth-order valence-corrected chi connectivity index (χ4v) is 3.01. The van der Waals surface area contributed by atoms with Crippen LogP contribution < -0.4 is 0 Å². The lowest BCUT2D eigenvalue weighted by Gasteiger charge is -2.29. The number of rotatable bonds is 2. The zero-order valence-electron chi connectivity index (χ0n) is 10.5. The first-order chi connectivity index (χ1) is 9.29. The van der Waals surface area contributed by atoms with Crippen LogP contribution in [0.15, 0.2) is 18.2 Å². The molecule has 1 aliphatic rings. The van der Waals surface area contributed by atoms with Crippen LogP contribution in [0.2, 0.25) is 10.0 Å². The van der Waals surface area contributed by atoms with Gasteiger partial charge in [0.15, 0.2) is 5.78 Å². The largest absolute Gasteiger partial charge is 0.391 e. The van der Waals surface area contributed by atoms with Gasteiger partial charge in [-0.3, -0.25) is 4.79 Å². The zero-order chi connectivity index (χ0) is 14.9. The third-order valence-corrected chi connectivity index (χ3v) is 4.27. The second kappa shape index (κ2) is 5.94. The molecule has 6 heteroatoms. The number of alkyl halides is 3. The predicted molar refractivity (Wildman–Crippen MR) is 72.3 cm³/mol. The first-order valence-corrected chi connectivity index (χ1v) is 7.10. The number of Topliss-reactive ketones (excluding diaryl/α,β-unsaturated/α-hetero) is 1. The van der Waals surface area contributed by atoms with Crippen LogP contribution in [0.3, 0.4) is 0 Å². The average molecular weight is 325 g/mol. The molecule has 0 N–H and O–H groups in total. The molecule has 110 valence electrons. The molecule has 2 rings (SSSR count). The minimum atomic E-state index is -4.24. The summed E-state index contributed by atoms with van der Waals surface area (Å²) in [5, 5.41) is 0.578. The van der Waals surface area contributed by atoms with Gasteiger partial charge in [0.25, 0.3) is 0 Å². The lowest BCUT2D eigenvalue weighted by atomic mass is 9.77. The maximum Gasteiger partial charge on any atom is 0.391 e. The summed E-state index contributed by atoms with van der Waals surface area (Å²) >= 11 is 11.7. The van der Waals surface area contributed by atoms with Gasteiger partial charge in [-0.05, 0) is 37.5 Å². The Morgan fingerprint density at radius 3 is 2.55 bits per heavy atom. The van der Waals surface area contributed by atoms with E-state index < -0.39 is 18.0 Å². The van der Waals surface area contributed by atoms with E-state index in [0.717, 1.165) is 0 Å². The Kier molecular flexibility index (Phi) is 4.65. The van der Waals surface area contributed by atoms with Gasteiger partial charge < -0.3 is 0 Å². The Bertz CT molecular complexity index is 514. The molecule has 0 aliphatic heterocycles. The van der Waals surface area contributed by atoms with Crippen molar-refractivity contribution in [3.05, 3.63) is 33.8 Å². The number of carbonyl (C=O) groups is 1. The van der Waals surface area contributed by atoms with Crippen molar-refractivity contribution in [2.24, 2.45) is 11.8 Å². The van der Waals surface area contributed by atoms with Crippen molar-refractivity contribution in [1.82, 2.24) is 0 Å². The van der Waals surface area contributed by atoms with E-state index in [2.05, 4.69) is 0 Å². The van der Waals surface area contributed by atoms with E-state index in [1.165, 1.54) is 12.1 Å². The number of hydrogen-bond acceptors (Lipinski definition) is 1. The van der Waals surface area contributed by atoms with Gasteiger partial charge in [-0.1, -0.05) is 29.6 Å². The normalized spacial score (nSPS) is 23.6. The van der Waals surface area contributed by atoms with Crippen LogP contribution in [0.1, 0.15) is 36.0 Å². The van der Waals surface area contributed by atoms with Crippen molar-refractivity contribution >= 4 is 29.0 Å². The van der Waals surface area contributed by atoms with Gasteiger partial charge in [-0.2, -0.15) is 13.2 Å². The molecule has 0 bridgehead atoms. The van der Waals surface area contributed by atoms with E-state index in [1.54, 1.807) is 6.07 Å². The molecule has 1 fully saturated rings. The topological polar surface area (TPSA) is 17.1 Å². The van der Waals surface area contributed by atoms with Gasteiger partial charge in [-0.15, -0.1) is 0 Å². The molecule has 2 unspecified atom stereocenters. The molecule has 0 saturated heterocycles. The Balaban J connectivity index is 2.18. The molecule has 1 aliphatic carbocycles. The zero-order valence-corrected chi connectivity index (χ0v) is 12.0. The quantitative estimate of drug-likeness (QED) is 0.652. The predicted octanol–water partition coefficient (Wildman–Crippen LogP) is 5.54. The maximum absolute atomic E-state index is 12.8. The first-order valence-electron chi connectivity index (χ1n) is 6.35. The molecule has 20 heavy (non-hydrogen) atoms. The van der Waals surface area contributed by atoms with Crippen molar-refractivity contribution < 1.29 is 18.0 Å². The van der Waals surface area contributed by atoms with Crippen molar-refractivity contribution in [2.45, 2.75) is 31.9 Å². The molecule has 0 spiro atoms. The highest BCUT2D eigenvalue weighted by molar-refractivity contribution is 6.36. The number of carbonyl (C=O) groups excluding carboxylic acids is 1. The van der Waals surface area contributed by atoms with Gasteiger partial charge in [0, 0.05) is 16.5 Å². The van der Waals surface area contributed by atoms with Crippen LogP contribution in [-0.4, -0.2) is 12.0 Å². The van der Waals surface area contributed by atoms with E-state index in [1.807, 2.05) is 0 Å². The monoisotopic (exact) mass is 324 g/mol. The van der Waals surface area contributed by atoms with Gasteiger partial charge >= 0.3 is 6.18 Å². The molecular weight excluding hydrogens is 312 g/mol. The van der Waals surface area contributed by atoms with Crippen LogP contribution in [0.25, 0.3) is 0 Å². The number of hydrogen-bond donors (Lipinski definition) is 0. The second-order valence-corrected chi connectivity index (χ2v) is 5.93. The maximum atomic E-state index is 12.8. The highest BCUT2D eigenvalue weighted by Crippen LogP contribution is 2.41. The van der Waals surface area contributed by atoms with Gasteiger partial charge in [0.2, 0.25) is 0 Å². The van der Waals surface area contributed by atoms with E-state index in [0.29, 0.717) is 17.9 Å². The standard InChI is InChI=1S/C14H13Cl2F3O/c15-10-4-5-12(16)11(7-10)13(20)8-2-1-3-9(6-8)14(17,18)19/h4-5,7-9H,1-3,6H2. The molecule has 2 atom stereocenters. The van der Waals surface area contributed by atoms with Gasteiger partial charge in [0.1, 0.15) is 0 Å². The van der Waals surface area contributed by atoms with Gasteiger partial charge in [-0.25, -0.2) is 0 Å². The van der Waals surface area contributed by atoms with Crippen LogP contribution in [0, 0.1) is 11.8 Å². The molecule has 0 aromatic heterocycles. The van der Waals surface area contributed by atoms with Crippen molar-refractivity contribution in [2.75, 3.05) is 0 Å². The first kappa shape index (κ1) is 15.6. The number of benzene rings is 1. The van der Waals surface area contributed by atoms with Gasteiger partial charge in [0.05, 0.1) is 10.9 Å². The van der Waals surface area contributed by atoms with Crippen LogP contribution >= 0.6 is 23.2 Å². The molecule has 1 saturated carbocycles. The summed E-state index contributed by atoms with van der Waals surface area (Å²) in [4.78, 5) is 12.3. The summed E-state index contributed by atoms with van der Waals surface area (Å²) in [6.07, 6.45) is -3.44. The lowest BCUT2D eigenvalue weighted by Crippen LogP contribution is -2.31. The Morgan fingerprint density at radius 1 is 1.20 bits per heavy atom. The van der Waals surface area contributed by atoms with Crippen molar-refractivity contribution in [3.63, 3.8) is 0 Å². The van der Waals surface area contributed by atoms with E-state index >= 15 is 0 Å². The molecule has 0 amide bonds. The Labute approximate surface area is 125 Å². The lowest BCUT2D eigenvalue weighted by molar-refractivity contribution is -0.184. The Hall–Kier alpha value is -0.740. The molecule has 1 aromatic rings. The van der Waals surface area contributed by atoms with Crippen molar-refractivity contribution in [3.8, 4) is 0 Å². The van der Waals surface area contributed by atoms with E-state index in [9.17, 15) is 18.0 Å². The summed E-state index contributed by atoms with van der Waals surface area (Å²) < 4.78 is 38.3. The number of halogens is 5. The van der Waals surface area contributed by atoms with E-state index in [4.69, 9.17) is 23.2 Å². The summed E-state index contributed by atoms with van der Waals surface area (Å²) in [6.45, 7) is 0. The second-order valence-electron chi connectivity index (χ2n) is 5.09. The SMILES string of the molecule is O=C(c1cc(Cl)ccc1Cl)C1CCCC(C(F)(F)F)C1. The molecule has 0 heterocycles. The minimum Gasteiger partial charge on any atom is -0.294 e. The molecule has 0 radical (unpaired) electrons. The number of ketones is 1. The van der Waals surface area contributed by atoms with Crippen LogP contribution in [0.5, 0.6) is 0 Å². The molecular formula is C14H13Cl2F3O.